The highest BCUT2D eigenvalue weighted by Crippen LogP contribution is 2.69. The average molecular weight is 519 g/mol. The van der Waals surface area contributed by atoms with Crippen molar-refractivity contribution in [2.24, 2.45) is 11.3 Å². The van der Waals surface area contributed by atoms with E-state index in [1.165, 1.54) is 0 Å². The van der Waals surface area contributed by atoms with Crippen LogP contribution < -0.4 is 0 Å². The van der Waals surface area contributed by atoms with Gasteiger partial charge in [-0.2, -0.15) is 0 Å². The van der Waals surface area contributed by atoms with Gasteiger partial charge >= 0.3 is 5.97 Å². The van der Waals surface area contributed by atoms with E-state index in [1.807, 2.05) is 61.5 Å². The van der Waals surface area contributed by atoms with E-state index in [4.69, 9.17) is 4.74 Å². The molecule has 2 aromatic carbocycles. The monoisotopic (exact) mass is 517 g/mol. The van der Waals surface area contributed by atoms with Gasteiger partial charge in [-0.3, -0.25) is 9.59 Å². The number of benzene rings is 2. The Hall–Kier alpha value is -1.92. The molecule has 1 fully saturated rings. The first-order valence-corrected chi connectivity index (χ1v) is 11.2. The van der Waals surface area contributed by atoms with Gasteiger partial charge in [-0.1, -0.05) is 86.5 Å². The minimum atomic E-state index is -0.859. The molecular weight excluding hydrogens is 498 g/mol. The molecule has 0 aromatic heterocycles. The van der Waals surface area contributed by atoms with Crippen molar-refractivity contribution in [3.63, 3.8) is 0 Å². The third kappa shape index (κ3) is 3.46. The molecular formula is C23H21Br2NO3. The first-order chi connectivity index (χ1) is 13.9. The van der Waals surface area contributed by atoms with E-state index >= 15 is 0 Å². The smallest absolute Gasteiger partial charge is 0.316 e. The maximum atomic E-state index is 13.2. The number of nitrogens with zero attached hydrogens (tertiary/aromatic N) is 1. The first kappa shape index (κ1) is 20.4. The van der Waals surface area contributed by atoms with Gasteiger partial charge in [-0.05, 0) is 31.0 Å². The van der Waals surface area contributed by atoms with Crippen LogP contribution in [0.1, 0.15) is 22.8 Å². The van der Waals surface area contributed by atoms with Crippen LogP contribution in [0.25, 0.3) is 0 Å². The summed E-state index contributed by atoms with van der Waals surface area (Å²) >= 11 is 7.49. The van der Waals surface area contributed by atoms with Gasteiger partial charge < -0.3 is 9.64 Å². The average Bonchev–Trinajstić information content (AvgIpc) is 3.32. The molecule has 0 N–H and O–H groups in total. The quantitative estimate of drug-likeness (QED) is 0.416. The van der Waals surface area contributed by atoms with Crippen molar-refractivity contribution in [3.8, 4) is 0 Å². The fraction of sp³-hybridized carbons (Fsp3) is 0.304. The maximum absolute atomic E-state index is 13.2. The van der Waals surface area contributed by atoms with Crippen LogP contribution >= 0.6 is 31.9 Å². The summed E-state index contributed by atoms with van der Waals surface area (Å²) in [5.74, 6) is -0.510. The molecule has 1 saturated carbocycles. The molecule has 29 heavy (non-hydrogen) atoms. The normalized spacial score (nSPS) is 26.5. The Bertz CT molecular complexity index is 945. The molecule has 6 heteroatoms. The maximum Gasteiger partial charge on any atom is 0.316 e. The molecule has 2 aliphatic rings. The molecule has 150 valence electrons. The number of hydrogen-bond donors (Lipinski definition) is 0. The number of esters is 1. The van der Waals surface area contributed by atoms with Crippen LogP contribution in [0.15, 0.2) is 72.9 Å². The number of amides is 1. The van der Waals surface area contributed by atoms with E-state index in [1.54, 1.807) is 23.2 Å². The molecule has 1 aliphatic heterocycles. The molecule has 4 rings (SSSR count). The summed E-state index contributed by atoms with van der Waals surface area (Å²) < 4.78 is 4.93. The van der Waals surface area contributed by atoms with Crippen molar-refractivity contribution in [2.45, 2.75) is 22.6 Å². The number of carbonyl (C=O) groups excluding carboxylic acids is 2. The lowest BCUT2D eigenvalue weighted by Crippen LogP contribution is -2.43. The van der Waals surface area contributed by atoms with Gasteiger partial charge in [0.15, 0.2) is 0 Å². The summed E-state index contributed by atoms with van der Waals surface area (Å²) in [4.78, 5) is 28.0. The van der Waals surface area contributed by atoms with Gasteiger partial charge in [-0.25, -0.2) is 0 Å². The number of halogens is 2. The molecule has 1 heterocycles. The van der Waals surface area contributed by atoms with Crippen LogP contribution in [0.2, 0.25) is 0 Å². The minimum Gasteiger partial charge on any atom is -0.465 e. The van der Waals surface area contributed by atoms with E-state index in [9.17, 15) is 9.59 Å². The largest absolute Gasteiger partial charge is 0.465 e. The highest BCUT2D eigenvalue weighted by Gasteiger charge is 2.75. The molecule has 4 nitrogen and oxygen atoms in total. The Balaban J connectivity index is 1.74. The summed E-state index contributed by atoms with van der Waals surface area (Å²) in [7, 11) is 0. The number of rotatable bonds is 5. The van der Waals surface area contributed by atoms with E-state index in [0.29, 0.717) is 18.6 Å². The second-order valence-corrected chi connectivity index (χ2v) is 11.1. The first-order valence-electron chi connectivity index (χ1n) is 9.58. The van der Waals surface area contributed by atoms with Crippen LogP contribution in [-0.2, 0) is 16.0 Å². The lowest BCUT2D eigenvalue weighted by Gasteiger charge is -2.34. The lowest BCUT2D eigenvalue weighted by atomic mass is 9.75. The highest BCUT2D eigenvalue weighted by molar-refractivity contribution is 9.25. The summed E-state index contributed by atoms with van der Waals surface area (Å²) in [6.45, 7) is 2.12. The molecule has 3 atom stereocenters. The molecule has 1 aliphatic carbocycles. The second kappa shape index (κ2) is 7.73. The fourth-order valence-corrected chi connectivity index (χ4v) is 6.27. The highest BCUT2D eigenvalue weighted by atomic mass is 79.9. The van der Waals surface area contributed by atoms with Gasteiger partial charge in [0.25, 0.3) is 5.91 Å². The Labute approximate surface area is 187 Å². The molecule has 0 saturated heterocycles. The van der Waals surface area contributed by atoms with Crippen LogP contribution in [0.5, 0.6) is 0 Å². The van der Waals surface area contributed by atoms with Crippen LogP contribution in [0.4, 0.5) is 0 Å². The van der Waals surface area contributed by atoms with Crippen LogP contribution in [0, 0.1) is 11.3 Å². The zero-order chi connectivity index (χ0) is 20.6. The third-order valence-electron chi connectivity index (χ3n) is 5.65. The number of ether oxygens (including phenoxy) is 1. The number of carbonyl (C=O) groups is 2. The van der Waals surface area contributed by atoms with Crippen molar-refractivity contribution >= 4 is 43.7 Å². The predicted molar refractivity (Wildman–Crippen MR) is 119 cm³/mol. The minimum absolute atomic E-state index is 0.0882. The lowest BCUT2D eigenvalue weighted by molar-refractivity contribution is -0.154. The SMILES string of the molecule is CCOC(=O)[C@]1(Cc2ccccc2)C=CN(C(=O)c2ccccc2)[C@H]2[C@@H]1C2(Br)Br. The van der Waals surface area contributed by atoms with Gasteiger partial charge in [0.05, 0.1) is 18.1 Å². The number of fused-ring (bicyclic) bond motifs is 1. The Kier molecular flexibility index (Phi) is 5.42. The van der Waals surface area contributed by atoms with E-state index < -0.39 is 8.65 Å². The molecule has 1 amide bonds. The third-order valence-corrected chi connectivity index (χ3v) is 7.58. The van der Waals surface area contributed by atoms with Crippen molar-refractivity contribution in [1.29, 1.82) is 0 Å². The van der Waals surface area contributed by atoms with E-state index in [0.717, 1.165) is 5.56 Å². The topological polar surface area (TPSA) is 46.6 Å². The van der Waals surface area contributed by atoms with Gasteiger partial charge in [0, 0.05) is 17.7 Å². The van der Waals surface area contributed by atoms with Crippen molar-refractivity contribution in [1.82, 2.24) is 4.90 Å². The molecule has 0 bridgehead atoms. The van der Waals surface area contributed by atoms with Crippen LogP contribution in [-0.4, -0.2) is 32.7 Å². The number of alkyl halides is 2. The number of hydrogen-bond acceptors (Lipinski definition) is 3. The van der Waals surface area contributed by atoms with E-state index in [-0.39, 0.29) is 23.8 Å². The Morgan fingerprint density at radius 1 is 1.03 bits per heavy atom. The molecule has 0 radical (unpaired) electrons. The van der Waals surface area contributed by atoms with Crippen molar-refractivity contribution < 1.29 is 14.3 Å². The molecule has 0 unspecified atom stereocenters. The standard InChI is InChI=1S/C23H21Br2NO3/c1-2-29-21(28)22(15-16-9-5-3-6-10-16)13-14-26(19-18(22)23(19,24)25)20(27)17-11-7-4-8-12-17/h3-14,18-19H,2,15H2,1H3/t18-,19-,22-/m0/s1. The fourth-order valence-electron chi connectivity index (χ4n) is 4.25. The molecule has 2 aromatic rings. The summed E-state index contributed by atoms with van der Waals surface area (Å²) in [6.07, 6.45) is 4.11. The summed E-state index contributed by atoms with van der Waals surface area (Å²) in [5, 5.41) is 0. The van der Waals surface area contributed by atoms with Crippen molar-refractivity contribution in [2.75, 3.05) is 6.61 Å². The summed E-state index contributed by atoms with van der Waals surface area (Å²) in [5.41, 5.74) is 0.808. The second-order valence-electron chi connectivity index (χ2n) is 7.41. The zero-order valence-electron chi connectivity index (χ0n) is 15.9. The predicted octanol–water partition coefficient (Wildman–Crippen LogP) is 4.93. The van der Waals surface area contributed by atoms with Gasteiger partial charge in [0.1, 0.15) is 3.23 Å². The zero-order valence-corrected chi connectivity index (χ0v) is 19.1. The Morgan fingerprint density at radius 2 is 1.66 bits per heavy atom. The Morgan fingerprint density at radius 3 is 2.28 bits per heavy atom. The van der Waals surface area contributed by atoms with E-state index in [2.05, 4.69) is 31.9 Å². The van der Waals surface area contributed by atoms with Gasteiger partial charge in [0.2, 0.25) is 0 Å². The van der Waals surface area contributed by atoms with Crippen LogP contribution in [0.3, 0.4) is 0 Å². The summed E-state index contributed by atoms with van der Waals surface area (Å²) in [6, 6.07) is 18.9. The molecule has 0 spiro atoms. The van der Waals surface area contributed by atoms with Gasteiger partial charge in [-0.15, -0.1) is 0 Å². The van der Waals surface area contributed by atoms with Crippen molar-refractivity contribution in [3.05, 3.63) is 84.1 Å².